The predicted molar refractivity (Wildman–Crippen MR) is 75.2 cm³/mol. The highest BCUT2D eigenvalue weighted by Gasteiger charge is 2.01. The van der Waals surface area contributed by atoms with E-state index in [4.69, 9.17) is 34.8 Å². The second-order valence-corrected chi connectivity index (χ2v) is 5.01. The molecular formula is C13H9Cl3FN. The van der Waals surface area contributed by atoms with E-state index in [0.717, 1.165) is 5.56 Å². The molecule has 2 aromatic rings. The first-order valence-corrected chi connectivity index (χ1v) is 6.32. The molecule has 0 spiro atoms. The monoisotopic (exact) mass is 303 g/mol. The number of halogens is 4. The van der Waals surface area contributed by atoms with Crippen LogP contribution < -0.4 is 5.32 Å². The van der Waals surface area contributed by atoms with Crippen molar-refractivity contribution in [3.8, 4) is 0 Å². The lowest BCUT2D eigenvalue weighted by molar-refractivity contribution is 0.628. The summed E-state index contributed by atoms with van der Waals surface area (Å²) in [5, 5.41) is 4.42. The first-order valence-electron chi connectivity index (χ1n) is 5.18. The maximum Gasteiger partial charge on any atom is 0.126 e. The molecule has 5 heteroatoms. The summed E-state index contributed by atoms with van der Waals surface area (Å²) < 4.78 is 13.1. The quantitative estimate of drug-likeness (QED) is 0.800. The van der Waals surface area contributed by atoms with Gasteiger partial charge < -0.3 is 5.32 Å². The highest BCUT2D eigenvalue weighted by Crippen LogP contribution is 2.23. The third kappa shape index (κ3) is 3.52. The molecule has 0 saturated heterocycles. The highest BCUT2D eigenvalue weighted by atomic mass is 35.5. The zero-order valence-corrected chi connectivity index (χ0v) is 11.5. The molecule has 0 aliphatic heterocycles. The Morgan fingerprint density at radius 2 is 1.72 bits per heavy atom. The van der Waals surface area contributed by atoms with Gasteiger partial charge in [-0.1, -0.05) is 40.9 Å². The zero-order chi connectivity index (χ0) is 13.1. The van der Waals surface area contributed by atoms with Gasteiger partial charge in [0.2, 0.25) is 0 Å². The SMILES string of the molecule is Fc1cc(Cl)cc(NCc2ccc(Cl)c(Cl)c2)c1. The van der Waals surface area contributed by atoms with Gasteiger partial charge in [0.1, 0.15) is 5.82 Å². The van der Waals surface area contributed by atoms with E-state index < -0.39 is 0 Å². The molecule has 94 valence electrons. The Morgan fingerprint density at radius 3 is 2.39 bits per heavy atom. The van der Waals surface area contributed by atoms with Crippen molar-refractivity contribution in [3.05, 3.63) is 62.8 Å². The molecule has 0 atom stereocenters. The summed E-state index contributed by atoms with van der Waals surface area (Å²) in [6.07, 6.45) is 0. The number of benzene rings is 2. The van der Waals surface area contributed by atoms with E-state index in [-0.39, 0.29) is 5.82 Å². The Kier molecular flexibility index (Phi) is 4.33. The van der Waals surface area contributed by atoms with E-state index in [1.165, 1.54) is 12.1 Å². The van der Waals surface area contributed by atoms with Crippen LogP contribution in [-0.2, 0) is 6.54 Å². The fourth-order valence-electron chi connectivity index (χ4n) is 1.51. The van der Waals surface area contributed by atoms with Gasteiger partial charge in [0, 0.05) is 17.3 Å². The molecule has 0 unspecified atom stereocenters. The minimum atomic E-state index is -0.376. The minimum absolute atomic E-state index is 0.353. The molecule has 1 nitrogen and oxygen atoms in total. The molecule has 0 aromatic heterocycles. The second-order valence-electron chi connectivity index (χ2n) is 3.76. The van der Waals surface area contributed by atoms with Crippen LogP contribution in [0.25, 0.3) is 0 Å². The molecule has 0 bridgehead atoms. The molecule has 0 radical (unpaired) electrons. The number of nitrogens with one attached hydrogen (secondary N) is 1. The molecule has 0 aliphatic carbocycles. The number of anilines is 1. The van der Waals surface area contributed by atoms with Crippen molar-refractivity contribution >= 4 is 40.5 Å². The van der Waals surface area contributed by atoms with E-state index in [9.17, 15) is 4.39 Å². The molecule has 0 saturated carbocycles. The molecule has 0 aliphatic rings. The first kappa shape index (κ1) is 13.5. The van der Waals surface area contributed by atoms with Crippen molar-refractivity contribution in [2.45, 2.75) is 6.54 Å². The van der Waals surface area contributed by atoms with Crippen LogP contribution in [0.4, 0.5) is 10.1 Å². The topological polar surface area (TPSA) is 12.0 Å². The molecular weight excluding hydrogens is 296 g/mol. The van der Waals surface area contributed by atoms with E-state index in [2.05, 4.69) is 5.32 Å². The maximum absolute atomic E-state index is 13.1. The zero-order valence-electron chi connectivity index (χ0n) is 9.18. The van der Waals surface area contributed by atoms with Crippen molar-refractivity contribution in [3.63, 3.8) is 0 Å². The lowest BCUT2D eigenvalue weighted by Crippen LogP contribution is -1.99. The molecule has 0 heterocycles. The van der Waals surface area contributed by atoms with Crippen LogP contribution in [-0.4, -0.2) is 0 Å². The molecule has 2 aromatic carbocycles. The third-order valence-corrected chi connectivity index (χ3v) is 3.30. The van der Waals surface area contributed by atoms with E-state index in [1.54, 1.807) is 18.2 Å². The Labute approximate surface area is 119 Å². The summed E-state index contributed by atoms with van der Waals surface area (Å²) in [6, 6.07) is 9.62. The minimum Gasteiger partial charge on any atom is -0.381 e. The standard InChI is InChI=1S/C13H9Cl3FN/c14-9-4-10(17)6-11(5-9)18-7-8-1-2-12(15)13(16)3-8/h1-6,18H,7H2. The Hall–Kier alpha value is -0.960. The van der Waals surface area contributed by atoms with Crippen LogP contribution in [0.5, 0.6) is 0 Å². The Bertz CT molecular complexity index is 552. The summed E-state index contributed by atoms with van der Waals surface area (Å²) in [6.45, 7) is 0.511. The fourth-order valence-corrected chi connectivity index (χ4v) is 2.05. The summed E-state index contributed by atoms with van der Waals surface area (Å²) in [5.74, 6) is -0.376. The summed E-state index contributed by atoms with van der Waals surface area (Å²) in [7, 11) is 0. The molecule has 18 heavy (non-hydrogen) atoms. The van der Waals surface area contributed by atoms with Crippen molar-refractivity contribution in [2.24, 2.45) is 0 Å². The van der Waals surface area contributed by atoms with Gasteiger partial charge in [-0.25, -0.2) is 4.39 Å². The summed E-state index contributed by atoms with van der Waals surface area (Å²) >= 11 is 17.5. The Balaban J connectivity index is 2.08. The molecule has 2 rings (SSSR count). The summed E-state index contributed by atoms with van der Waals surface area (Å²) in [4.78, 5) is 0. The lowest BCUT2D eigenvalue weighted by Gasteiger charge is -2.08. The van der Waals surface area contributed by atoms with Gasteiger partial charge in [-0.3, -0.25) is 0 Å². The van der Waals surface area contributed by atoms with Crippen molar-refractivity contribution in [1.82, 2.24) is 0 Å². The lowest BCUT2D eigenvalue weighted by atomic mass is 10.2. The van der Waals surface area contributed by atoms with Crippen molar-refractivity contribution in [2.75, 3.05) is 5.32 Å². The Morgan fingerprint density at radius 1 is 0.944 bits per heavy atom. The third-order valence-electron chi connectivity index (χ3n) is 2.34. The van der Waals surface area contributed by atoms with Gasteiger partial charge in [0.15, 0.2) is 0 Å². The second kappa shape index (κ2) is 5.79. The van der Waals surface area contributed by atoms with Crippen LogP contribution in [0, 0.1) is 5.82 Å². The van der Waals surface area contributed by atoms with Crippen molar-refractivity contribution in [1.29, 1.82) is 0 Å². The normalized spacial score (nSPS) is 10.4. The van der Waals surface area contributed by atoms with Gasteiger partial charge in [-0.2, -0.15) is 0 Å². The van der Waals surface area contributed by atoms with Crippen LogP contribution in [0.2, 0.25) is 15.1 Å². The molecule has 0 fully saturated rings. The van der Waals surface area contributed by atoms with Crippen LogP contribution in [0.1, 0.15) is 5.56 Å². The smallest absolute Gasteiger partial charge is 0.126 e. The van der Waals surface area contributed by atoms with Gasteiger partial charge in [-0.15, -0.1) is 0 Å². The van der Waals surface area contributed by atoms with Gasteiger partial charge in [-0.05, 0) is 35.9 Å². The van der Waals surface area contributed by atoms with E-state index in [0.29, 0.717) is 27.3 Å². The average molecular weight is 305 g/mol. The highest BCUT2D eigenvalue weighted by molar-refractivity contribution is 6.42. The molecule has 0 amide bonds. The van der Waals surface area contributed by atoms with Crippen LogP contribution in [0.15, 0.2) is 36.4 Å². The van der Waals surface area contributed by atoms with Gasteiger partial charge in [0.25, 0.3) is 0 Å². The number of rotatable bonds is 3. The fraction of sp³-hybridized carbons (Fsp3) is 0.0769. The van der Waals surface area contributed by atoms with Gasteiger partial charge in [0.05, 0.1) is 10.0 Å². The van der Waals surface area contributed by atoms with E-state index in [1.807, 2.05) is 6.07 Å². The number of hydrogen-bond acceptors (Lipinski definition) is 1. The average Bonchev–Trinajstić information content (AvgIpc) is 2.29. The van der Waals surface area contributed by atoms with E-state index >= 15 is 0 Å². The van der Waals surface area contributed by atoms with Gasteiger partial charge >= 0.3 is 0 Å². The molecule has 1 N–H and O–H groups in total. The number of hydrogen-bond donors (Lipinski definition) is 1. The largest absolute Gasteiger partial charge is 0.381 e. The predicted octanol–water partition coefficient (Wildman–Crippen LogP) is 5.40. The van der Waals surface area contributed by atoms with Crippen LogP contribution in [0.3, 0.4) is 0 Å². The summed E-state index contributed by atoms with van der Waals surface area (Å²) in [5.41, 5.74) is 1.57. The van der Waals surface area contributed by atoms with Crippen LogP contribution >= 0.6 is 34.8 Å². The van der Waals surface area contributed by atoms with Crippen molar-refractivity contribution < 1.29 is 4.39 Å². The first-order chi connectivity index (χ1) is 8.54. The maximum atomic E-state index is 13.1.